The molecule has 0 fully saturated rings. The smallest absolute Gasteiger partial charge is 0.194 e. The van der Waals surface area contributed by atoms with Gasteiger partial charge in [0.15, 0.2) is 21.8 Å². The van der Waals surface area contributed by atoms with Gasteiger partial charge in [0.2, 0.25) is 0 Å². The van der Waals surface area contributed by atoms with E-state index < -0.39 is 0 Å². The van der Waals surface area contributed by atoms with Crippen LogP contribution in [0.25, 0.3) is 0 Å². The zero-order valence-electron chi connectivity index (χ0n) is 9.53. The first-order valence-corrected chi connectivity index (χ1v) is 5.61. The highest BCUT2D eigenvalue weighted by molar-refractivity contribution is 6.32. The van der Waals surface area contributed by atoms with Crippen LogP contribution in [0.3, 0.4) is 0 Å². The normalized spacial score (nSPS) is 10.6. The van der Waals surface area contributed by atoms with Crippen molar-refractivity contribution in [3.05, 3.63) is 27.8 Å². The molecule has 0 aromatic carbocycles. The van der Waals surface area contributed by atoms with Gasteiger partial charge in [-0.1, -0.05) is 23.2 Å². The lowest BCUT2D eigenvalue weighted by atomic mass is 10.3. The molecular weight excluding hydrogens is 263 g/mol. The first kappa shape index (κ1) is 12.1. The molecule has 2 aromatic rings. The lowest BCUT2D eigenvalue weighted by Gasteiger charge is -2.06. The second-order valence-electron chi connectivity index (χ2n) is 3.55. The van der Waals surface area contributed by atoms with Crippen molar-refractivity contribution in [2.45, 2.75) is 13.8 Å². The molecule has 0 atom stereocenters. The van der Waals surface area contributed by atoms with Gasteiger partial charge in [0.25, 0.3) is 0 Å². The molecule has 0 aliphatic carbocycles. The zero-order valence-corrected chi connectivity index (χ0v) is 11.0. The molecular formula is C10H10Cl2N4O. The summed E-state index contributed by atoms with van der Waals surface area (Å²) in [6, 6.07) is 1.52. The summed E-state index contributed by atoms with van der Waals surface area (Å²) in [5.41, 5.74) is 1.67. The van der Waals surface area contributed by atoms with Gasteiger partial charge in [0.05, 0.1) is 5.69 Å². The Balaban J connectivity index is 2.41. The van der Waals surface area contributed by atoms with Crippen molar-refractivity contribution < 1.29 is 4.74 Å². The number of halogens is 2. The Morgan fingerprint density at radius 2 is 1.94 bits per heavy atom. The minimum absolute atomic E-state index is 0.164. The molecule has 0 spiro atoms. The molecule has 0 bridgehead atoms. The number of hydrogen-bond acceptors (Lipinski definition) is 4. The molecule has 17 heavy (non-hydrogen) atoms. The number of ether oxygens (including phenoxy) is 1. The molecule has 0 radical (unpaired) electrons. The fourth-order valence-electron chi connectivity index (χ4n) is 1.42. The maximum atomic E-state index is 5.87. The van der Waals surface area contributed by atoms with Crippen LogP contribution in [0.1, 0.15) is 11.4 Å². The third kappa shape index (κ3) is 2.35. The largest absolute Gasteiger partial charge is 0.450 e. The van der Waals surface area contributed by atoms with E-state index in [4.69, 9.17) is 27.9 Å². The van der Waals surface area contributed by atoms with E-state index in [2.05, 4.69) is 15.3 Å². The predicted octanol–water partition coefficient (Wildman–Crippen LogP) is 2.93. The number of nitrogens with zero attached hydrogens (tertiary/aromatic N) is 4. The molecule has 2 rings (SSSR count). The minimum atomic E-state index is 0.164. The Hall–Kier alpha value is -1.33. The van der Waals surface area contributed by atoms with Crippen LogP contribution in [0, 0.1) is 13.8 Å². The summed E-state index contributed by atoms with van der Waals surface area (Å²) in [5.74, 6) is 1.02. The lowest BCUT2D eigenvalue weighted by Crippen LogP contribution is -1.94. The maximum Gasteiger partial charge on any atom is 0.194 e. The summed E-state index contributed by atoms with van der Waals surface area (Å²) >= 11 is 11.6. The Kier molecular flexibility index (Phi) is 3.22. The predicted molar refractivity (Wildman–Crippen MR) is 64.8 cm³/mol. The average molecular weight is 273 g/mol. The summed E-state index contributed by atoms with van der Waals surface area (Å²) < 4.78 is 7.40. The monoisotopic (exact) mass is 272 g/mol. The molecule has 0 saturated heterocycles. The van der Waals surface area contributed by atoms with E-state index in [1.807, 2.05) is 20.9 Å². The van der Waals surface area contributed by atoms with Crippen LogP contribution in [-0.2, 0) is 7.05 Å². The molecule has 5 nitrogen and oxygen atoms in total. The number of hydrogen-bond donors (Lipinski definition) is 0. The van der Waals surface area contributed by atoms with Gasteiger partial charge >= 0.3 is 0 Å². The van der Waals surface area contributed by atoms with E-state index >= 15 is 0 Å². The Morgan fingerprint density at radius 3 is 2.53 bits per heavy atom. The fraction of sp³-hybridized carbons (Fsp3) is 0.300. The van der Waals surface area contributed by atoms with Gasteiger partial charge in [0.1, 0.15) is 5.69 Å². The molecule has 0 amide bonds. The Labute approximate surface area is 108 Å². The van der Waals surface area contributed by atoms with E-state index in [-0.39, 0.29) is 10.3 Å². The second kappa shape index (κ2) is 4.50. The molecule has 2 aromatic heterocycles. The lowest BCUT2D eigenvalue weighted by molar-refractivity contribution is 0.470. The first-order valence-electron chi connectivity index (χ1n) is 4.86. The van der Waals surface area contributed by atoms with E-state index in [0.717, 1.165) is 11.4 Å². The van der Waals surface area contributed by atoms with Crippen LogP contribution in [0.2, 0.25) is 10.3 Å². The summed E-state index contributed by atoms with van der Waals surface area (Å²) in [6.45, 7) is 3.76. The summed E-state index contributed by atoms with van der Waals surface area (Å²) in [7, 11) is 1.84. The molecule has 90 valence electrons. The van der Waals surface area contributed by atoms with Crippen molar-refractivity contribution in [1.82, 2.24) is 20.0 Å². The van der Waals surface area contributed by atoms with Crippen LogP contribution >= 0.6 is 23.2 Å². The van der Waals surface area contributed by atoms with Crippen molar-refractivity contribution in [3.63, 3.8) is 0 Å². The molecule has 2 heterocycles. The van der Waals surface area contributed by atoms with Crippen LogP contribution < -0.4 is 4.74 Å². The Bertz CT molecular complexity index is 568. The third-order valence-corrected chi connectivity index (χ3v) is 2.79. The highest BCUT2D eigenvalue weighted by Crippen LogP contribution is 2.32. The quantitative estimate of drug-likeness (QED) is 0.844. The van der Waals surface area contributed by atoms with E-state index in [1.54, 1.807) is 4.68 Å². The maximum absolute atomic E-state index is 5.87. The van der Waals surface area contributed by atoms with Gasteiger partial charge in [-0.3, -0.25) is 4.68 Å². The van der Waals surface area contributed by atoms with Gasteiger partial charge in [0, 0.05) is 13.1 Å². The van der Waals surface area contributed by atoms with Crippen molar-refractivity contribution in [1.29, 1.82) is 0 Å². The van der Waals surface area contributed by atoms with Crippen LogP contribution in [-0.4, -0.2) is 20.0 Å². The fourth-order valence-corrected chi connectivity index (χ4v) is 1.69. The number of aryl methyl sites for hydroxylation is 2. The second-order valence-corrected chi connectivity index (χ2v) is 4.29. The average Bonchev–Trinajstić information content (AvgIpc) is 2.50. The molecule has 0 aliphatic rings. The van der Waals surface area contributed by atoms with Crippen LogP contribution in [0.5, 0.6) is 11.5 Å². The van der Waals surface area contributed by atoms with E-state index in [0.29, 0.717) is 11.5 Å². The van der Waals surface area contributed by atoms with Gasteiger partial charge in [-0.15, -0.1) is 10.2 Å². The topological polar surface area (TPSA) is 52.8 Å². The van der Waals surface area contributed by atoms with Gasteiger partial charge in [-0.25, -0.2) is 0 Å². The Morgan fingerprint density at radius 1 is 1.24 bits per heavy atom. The summed E-state index contributed by atoms with van der Waals surface area (Å²) in [4.78, 5) is 0. The minimum Gasteiger partial charge on any atom is -0.450 e. The summed E-state index contributed by atoms with van der Waals surface area (Å²) in [6.07, 6.45) is 0. The highest BCUT2D eigenvalue weighted by atomic mass is 35.5. The number of aromatic nitrogens is 4. The molecule has 0 N–H and O–H groups in total. The van der Waals surface area contributed by atoms with Gasteiger partial charge < -0.3 is 4.74 Å². The molecule has 0 unspecified atom stereocenters. The first-order chi connectivity index (χ1) is 7.99. The zero-order chi connectivity index (χ0) is 12.6. The SMILES string of the molecule is Cc1nn(C)c(C)c1Oc1cc(Cl)nnc1Cl. The van der Waals surface area contributed by atoms with Gasteiger partial charge in [-0.2, -0.15) is 5.10 Å². The molecule has 0 saturated carbocycles. The molecule has 0 aliphatic heterocycles. The third-order valence-electron chi connectivity index (χ3n) is 2.34. The van der Waals surface area contributed by atoms with Crippen molar-refractivity contribution in [2.24, 2.45) is 7.05 Å². The highest BCUT2D eigenvalue weighted by Gasteiger charge is 2.14. The number of rotatable bonds is 2. The van der Waals surface area contributed by atoms with Crippen molar-refractivity contribution in [3.8, 4) is 11.5 Å². The van der Waals surface area contributed by atoms with Gasteiger partial charge in [-0.05, 0) is 13.8 Å². The van der Waals surface area contributed by atoms with E-state index in [9.17, 15) is 0 Å². The molecule has 7 heteroatoms. The van der Waals surface area contributed by atoms with Crippen molar-refractivity contribution >= 4 is 23.2 Å². The van der Waals surface area contributed by atoms with Crippen LogP contribution in [0.4, 0.5) is 0 Å². The van der Waals surface area contributed by atoms with Crippen molar-refractivity contribution in [2.75, 3.05) is 0 Å². The van der Waals surface area contributed by atoms with Crippen LogP contribution in [0.15, 0.2) is 6.07 Å². The van der Waals surface area contributed by atoms with E-state index in [1.165, 1.54) is 6.07 Å². The standard InChI is InChI=1S/C10H10Cl2N4O/c1-5-9(6(2)16(3)15-5)17-7-4-8(11)13-14-10(7)12/h4H,1-3H3. The summed E-state index contributed by atoms with van der Waals surface area (Å²) in [5, 5.41) is 11.9.